The molecule has 1 amide bonds. The lowest BCUT2D eigenvalue weighted by molar-refractivity contribution is -0.155. The number of hydrogen-bond acceptors (Lipinski definition) is 4. The molecule has 0 heterocycles. The number of anilines is 1. The fourth-order valence-electron chi connectivity index (χ4n) is 2.03. The first-order chi connectivity index (χ1) is 12.7. The van der Waals surface area contributed by atoms with Gasteiger partial charge in [0.25, 0.3) is 5.91 Å². The molecule has 0 aliphatic carbocycles. The van der Waals surface area contributed by atoms with Crippen LogP contribution >= 0.6 is 0 Å². The lowest BCUT2D eigenvalue weighted by atomic mass is 10.1. The fraction of sp³-hybridized carbons (Fsp3) is 0.222. The predicted molar refractivity (Wildman–Crippen MR) is 87.5 cm³/mol. The zero-order valence-electron chi connectivity index (χ0n) is 14.0. The predicted octanol–water partition coefficient (Wildman–Crippen LogP) is 3.79. The van der Waals surface area contributed by atoms with Crippen LogP contribution in [0.5, 0.6) is 5.75 Å². The van der Waals surface area contributed by atoms with E-state index < -0.39 is 47.8 Å². The number of carbonyl (C=O) groups is 2. The third kappa shape index (κ3) is 5.98. The first-order valence-corrected chi connectivity index (χ1v) is 7.72. The molecule has 2 rings (SSSR count). The minimum absolute atomic E-state index is 0.213. The van der Waals surface area contributed by atoms with Gasteiger partial charge in [0.15, 0.2) is 12.7 Å². The summed E-state index contributed by atoms with van der Waals surface area (Å²) in [6.45, 7) is 0.656. The Labute approximate surface area is 151 Å². The van der Waals surface area contributed by atoms with Gasteiger partial charge in [-0.1, -0.05) is 12.1 Å². The highest BCUT2D eigenvalue weighted by molar-refractivity contribution is 5.95. The molecule has 1 atom stereocenters. The van der Waals surface area contributed by atoms with Crippen molar-refractivity contribution in [1.82, 2.24) is 0 Å². The monoisotopic (exact) mass is 385 g/mol. The number of ether oxygens (including phenoxy) is 2. The number of nitrogens with one attached hydrogen (secondary N) is 1. The summed E-state index contributed by atoms with van der Waals surface area (Å²) < 4.78 is 61.4. The summed E-state index contributed by atoms with van der Waals surface area (Å²) in [7, 11) is 0. The molecule has 2 aromatic rings. The number of alkyl halides is 3. The number of para-hydroxylation sites is 1. The molecule has 0 bridgehead atoms. The molecule has 5 nitrogen and oxygen atoms in total. The van der Waals surface area contributed by atoms with Crippen molar-refractivity contribution in [2.75, 3.05) is 11.9 Å². The van der Waals surface area contributed by atoms with Crippen LogP contribution in [0.4, 0.5) is 23.2 Å². The van der Waals surface area contributed by atoms with Crippen molar-refractivity contribution < 1.29 is 36.6 Å². The van der Waals surface area contributed by atoms with E-state index in [1.807, 2.05) is 0 Å². The number of amides is 1. The summed E-state index contributed by atoms with van der Waals surface area (Å²) in [5, 5.41) is 2.08. The second-order valence-corrected chi connectivity index (χ2v) is 5.41. The molecule has 0 radical (unpaired) electrons. The smallest absolute Gasteiger partial charge is 0.418 e. The minimum Gasteiger partial charge on any atom is -0.482 e. The molecule has 0 aromatic heterocycles. The van der Waals surface area contributed by atoms with Crippen LogP contribution in [0.1, 0.15) is 12.5 Å². The van der Waals surface area contributed by atoms with Gasteiger partial charge < -0.3 is 14.8 Å². The van der Waals surface area contributed by atoms with Crippen LogP contribution in [0.2, 0.25) is 0 Å². The van der Waals surface area contributed by atoms with Crippen LogP contribution in [-0.2, 0) is 20.5 Å². The Morgan fingerprint density at radius 3 is 2.33 bits per heavy atom. The molecule has 0 unspecified atom stereocenters. The molecule has 0 fully saturated rings. The van der Waals surface area contributed by atoms with E-state index >= 15 is 0 Å². The van der Waals surface area contributed by atoms with Gasteiger partial charge in [0.05, 0.1) is 11.3 Å². The van der Waals surface area contributed by atoms with Crippen molar-refractivity contribution in [2.24, 2.45) is 0 Å². The number of hydrogen-bond donors (Lipinski definition) is 1. The van der Waals surface area contributed by atoms with Crippen LogP contribution in [0.15, 0.2) is 48.5 Å². The summed E-state index contributed by atoms with van der Waals surface area (Å²) in [5.41, 5.74) is -1.46. The first-order valence-electron chi connectivity index (χ1n) is 7.72. The molecular formula is C18H15F4NO4. The van der Waals surface area contributed by atoms with Crippen molar-refractivity contribution in [3.63, 3.8) is 0 Å². The summed E-state index contributed by atoms with van der Waals surface area (Å²) in [4.78, 5) is 23.7. The van der Waals surface area contributed by atoms with Crippen LogP contribution < -0.4 is 10.1 Å². The molecule has 27 heavy (non-hydrogen) atoms. The topological polar surface area (TPSA) is 64.6 Å². The highest BCUT2D eigenvalue weighted by Gasteiger charge is 2.34. The van der Waals surface area contributed by atoms with Gasteiger partial charge in [0.2, 0.25) is 0 Å². The van der Waals surface area contributed by atoms with Gasteiger partial charge >= 0.3 is 12.1 Å². The average molecular weight is 385 g/mol. The van der Waals surface area contributed by atoms with Crippen LogP contribution in [0.3, 0.4) is 0 Å². The van der Waals surface area contributed by atoms with E-state index in [2.05, 4.69) is 5.32 Å². The molecule has 0 aliphatic rings. The fourth-order valence-corrected chi connectivity index (χ4v) is 2.03. The van der Waals surface area contributed by atoms with Crippen molar-refractivity contribution in [3.05, 3.63) is 59.9 Å². The average Bonchev–Trinajstić information content (AvgIpc) is 2.60. The zero-order chi connectivity index (χ0) is 20.0. The summed E-state index contributed by atoms with van der Waals surface area (Å²) in [5.74, 6) is -2.10. The second kappa shape index (κ2) is 8.52. The Bertz CT molecular complexity index is 806. The lowest BCUT2D eigenvalue weighted by Gasteiger charge is -2.17. The maximum atomic E-state index is 12.9. The van der Waals surface area contributed by atoms with Gasteiger partial charge in [-0.05, 0) is 43.3 Å². The van der Waals surface area contributed by atoms with Gasteiger partial charge in [-0.3, -0.25) is 4.79 Å². The first kappa shape index (κ1) is 20.2. The molecule has 0 aliphatic heterocycles. The molecule has 0 spiro atoms. The minimum atomic E-state index is -4.65. The lowest BCUT2D eigenvalue weighted by Crippen LogP contribution is -2.32. The largest absolute Gasteiger partial charge is 0.482 e. The van der Waals surface area contributed by atoms with E-state index in [4.69, 9.17) is 9.47 Å². The van der Waals surface area contributed by atoms with Crippen LogP contribution in [-0.4, -0.2) is 24.6 Å². The molecular weight excluding hydrogens is 370 g/mol. The molecule has 144 valence electrons. The number of carbonyl (C=O) groups excluding carboxylic acids is 2. The number of halogens is 4. The van der Waals surface area contributed by atoms with Gasteiger partial charge in [-0.25, -0.2) is 9.18 Å². The maximum absolute atomic E-state index is 12.9. The van der Waals surface area contributed by atoms with Crippen LogP contribution in [0.25, 0.3) is 0 Å². The highest BCUT2D eigenvalue weighted by Crippen LogP contribution is 2.34. The van der Waals surface area contributed by atoms with Gasteiger partial charge in [0.1, 0.15) is 11.6 Å². The van der Waals surface area contributed by atoms with E-state index in [1.54, 1.807) is 0 Å². The molecule has 0 saturated heterocycles. The van der Waals surface area contributed by atoms with Gasteiger partial charge in [-0.2, -0.15) is 13.2 Å². The van der Waals surface area contributed by atoms with Crippen molar-refractivity contribution >= 4 is 17.6 Å². The number of benzene rings is 2. The molecule has 2 aromatic carbocycles. The molecule has 9 heteroatoms. The molecule has 1 N–H and O–H groups in total. The van der Waals surface area contributed by atoms with E-state index in [0.717, 1.165) is 24.3 Å². The zero-order valence-corrected chi connectivity index (χ0v) is 14.0. The van der Waals surface area contributed by atoms with Crippen molar-refractivity contribution in [3.8, 4) is 5.75 Å². The second-order valence-electron chi connectivity index (χ2n) is 5.41. The van der Waals surface area contributed by atoms with E-state index in [-0.39, 0.29) is 5.75 Å². The van der Waals surface area contributed by atoms with E-state index in [1.165, 1.54) is 31.2 Å². The highest BCUT2D eigenvalue weighted by atomic mass is 19.4. The quantitative estimate of drug-likeness (QED) is 0.607. The maximum Gasteiger partial charge on any atom is 0.418 e. The normalized spacial score (nSPS) is 12.2. The number of rotatable bonds is 6. The SMILES string of the molecule is C[C@H](OC(=O)COc1ccc(F)cc1)C(=O)Nc1ccccc1C(F)(F)F. The van der Waals surface area contributed by atoms with Crippen molar-refractivity contribution in [1.29, 1.82) is 0 Å². The Kier molecular flexibility index (Phi) is 6.38. The van der Waals surface area contributed by atoms with E-state index in [0.29, 0.717) is 0 Å². The van der Waals surface area contributed by atoms with Crippen LogP contribution in [0, 0.1) is 5.82 Å². The summed E-state index contributed by atoms with van der Waals surface area (Å²) >= 11 is 0. The summed E-state index contributed by atoms with van der Waals surface area (Å²) in [6.07, 6.45) is -6.00. The molecule has 0 saturated carbocycles. The Morgan fingerprint density at radius 1 is 1.07 bits per heavy atom. The summed E-state index contributed by atoms with van der Waals surface area (Å²) in [6, 6.07) is 9.30. The van der Waals surface area contributed by atoms with Gasteiger partial charge in [0, 0.05) is 0 Å². The number of esters is 1. The van der Waals surface area contributed by atoms with Gasteiger partial charge in [-0.15, -0.1) is 0 Å². The Hall–Kier alpha value is -3.10. The Morgan fingerprint density at radius 2 is 1.70 bits per heavy atom. The van der Waals surface area contributed by atoms with E-state index in [9.17, 15) is 27.2 Å². The third-order valence-corrected chi connectivity index (χ3v) is 3.34. The standard InChI is InChI=1S/C18H15F4NO4/c1-11(27-16(24)10-26-13-8-6-12(19)7-9-13)17(25)23-15-5-3-2-4-14(15)18(20,21)22/h2-9,11H,10H2,1H3,(H,23,25)/t11-/m0/s1. The van der Waals surface area contributed by atoms with Crippen molar-refractivity contribution in [2.45, 2.75) is 19.2 Å². The third-order valence-electron chi connectivity index (χ3n) is 3.34. The Balaban J connectivity index is 1.90.